The Morgan fingerprint density at radius 1 is 1.35 bits per heavy atom. The summed E-state index contributed by atoms with van der Waals surface area (Å²) in [4.78, 5) is 2.28. The quantitative estimate of drug-likeness (QED) is 0.820. The Balaban J connectivity index is 2.41. The Morgan fingerprint density at radius 2 is 2.05 bits per heavy atom. The van der Waals surface area contributed by atoms with Crippen molar-refractivity contribution in [1.82, 2.24) is 0 Å². The highest BCUT2D eigenvalue weighted by Gasteiger charge is 2.32. The highest BCUT2D eigenvalue weighted by molar-refractivity contribution is 5.63. The van der Waals surface area contributed by atoms with E-state index in [0.717, 1.165) is 24.5 Å². The number of hydrogen-bond donors (Lipinski definition) is 0. The normalized spacial score (nSPS) is 17.1. The second-order valence-corrected chi connectivity index (χ2v) is 7.12. The van der Waals surface area contributed by atoms with Gasteiger partial charge in [-0.3, -0.25) is 0 Å². The minimum absolute atomic E-state index is 0.114. The maximum Gasteiger partial charge on any atom is 0.143 e. The number of fused-ring (bicyclic) bond motifs is 1. The standard InChI is InChI=1S/C17H24N2O/c1-16(2,3)13-7-8-15-14(11-13)19(10-6-9-18)12-17(4,5)20-15/h7-8,11H,6,10,12H2,1-5H3. The Morgan fingerprint density at radius 3 is 2.65 bits per heavy atom. The van der Waals surface area contributed by atoms with Crippen molar-refractivity contribution in [2.75, 3.05) is 18.0 Å². The van der Waals surface area contributed by atoms with Gasteiger partial charge in [0.1, 0.15) is 11.4 Å². The highest BCUT2D eigenvalue weighted by Crippen LogP contribution is 2.39. The van der Waals surface area contributed by atoms with E-state index in [4.69, 9.17) is 10.00 Å². The molecule has 0 N–H and O–H groups in total. The summed E-state index contributed by atoms with van der Waals surface area (Å²) in [5.74, 6) is 0.923. The molecule has 0 saturated carbocycles. The lowest BCUT2D eigenvalue weighted by Crippen LogP contribution is -2.47. The summed E-state index contributed by atoms with van der Waals surface area (Å²) >= 11 is 0. The van der Waals surface area contributed by atoms with Gasteiger partial charge in [-0.05, 0) is 37.0 Å². The van der Waals surface area contributed by atoms with Crippen molar-refractivity contribution in [1.29, 1.82) is 5.26 Å². The first-order valence-corrected chi connectivity index (χ1v) is 7.18. The lowest BCUT2D eigenvalue weighted by molar-refractivity contribution is 0.105. The van der Waals surface area contributed by atoms with E-state index >= 15 is 0 Å². The number of rotatable bonds is 2. The van der Waals surface area contributed by atoms with Crippen molar-refractivity contribution in [2.24, 2.45) is 0 Å². The minimum atomic E-state index is -0.217. The molecule has 0 spiro atoms. The van der Waals surface area contributed by atoms with Crippen LogP contribution in [0.3, 0.4) is 0 Å². The van der Waals surface area contributed by atoms with Crippen molar-refractivity contribution >= 4 is 5.69 Å². The van der Waals surface area contributed by atoms with Crippen LogP contribution < -0.4 is 9.64 Å². The van der Waals surface area contributed by atoms with Crippen LogP contribution in [0.5, 0.6) is 5.75 Å². The zero-order valence-electron chi connectivity index (χ0n) is 13.2. The van der Waals surface area contributed by atoms with Crippen LogP contribution >= 0.6 is 0 Å². The fourth-order valence-corrected chi connectivity index (χ4v) is 2.58. The van der Waals surface area contributed by atoms with Crippen LogP contribution in [0.25, 0.3) is 0 Å². The molecular weight excluding hydrogens is 248 g/mol. The third-order valence-corrected chi connectivity index (χ3v) is 3.62. The van der Waals surface area contributed by atoms with Crippen LogP contribution in [-0.2, 0) is 5.41 Å². The molecule has 1 aromatic carbocycles. The monoisotopic (exact) mass is 272 g/mol. The van der Waals surface area contributed by atoms with E-state index in [1.165, 1.54) is 5.56 Å². The molecule has 0 saturated heterocycles. The zero-order chi connectivity index (χ0) is 15.0. The van der Waals surface area contributed by atoms with Crippen molar-refractivity contribution in [3.8, 4) is 11.8 Å². The molecule has 20 heavy (non-hydrogen) atoms. The summed E-state index contributed by atoms with van der Waals surface area (Å²) in [6.45, 7) is 12.4. The summed E-state index contributed by atoms with van der Waals surface area (Å²) < 4.78 is 6.07. The van der Waals surface area contributed by atoms with Gasteiger partial charge in [0.05, 0.1) is 24.7 Å². The van der Waals surface area contributed by atoms with Gasteiger partial charge in [-0.2, -0.15) is 5.26 Å². The highest BCUT2D eigenvalue weighted by atomic mass is 16.5. The molecule has 3 nitrogen and oxygen atoms in total. The topological polar surface area (TPSA) is 36.3 Å². The molecule has 1 aliphatic rings. The number of nitrogens with zero attached hydrogens (tertiary/aromatic N) is 2. The van der Waals surface area contributed by atoms with Crippen molar-refractivity contribution in [2.45, 2.75) is 52.1 Å². The Labute approximate surface area is 122 Å². The van der Waals surface area contributed by atoms with E-state index < -0.39 is 0 Å². The van der Waals surface area contributed by atoms with Gasteiger partial charge in [0.2, 0.25) is 0 Å². The summed E-state index contributed by atoms with van der Waals surface area (Å²) in [6.07, 6.45) is 0.537. The summed E-state index contributed by atoms with van der Waals surface area (Å²) in [6, 6.07) is 8.65. The fourth-order valence-electron chi connectivity index (χ4n) is 2.58. The van der Waals surface area contributed by atoms with Crippen LogP contribution in [0.1, 0.15) is 46.6 Å². The van der Waals surface area contributed by atoms with Crippen molar-refractivity contribution in [3.63, 3.8) is 0 Å². The lowest BCUT2D eigenvalue weighted by Gasteiger charge is -2.41. The van der Waals surface area contributed by atoms with Gasteiger partial charge in [0.25, 0.3) is 0 Å². The summed E-state index contributed by atoms with van der Waals surface area (Å²) in [7, 11) is 0. The van der Waals surface area contributed by atoms with Crippen molar-refractivity contribution in [3.05, 3.63) is 23.8 Å². The minimum Gasteiger partial charge on any atom is -0.484 e. The molecule has 3 heteroatoms. The maximum absolute atomic E-state index is 8.85. The predicted molar refractivity (Wildman–Crippen MR) is 82.3 cm³/mol. The molecule has 1 aliphatic heterocycles. The van der Waals surface area contributed by atoms with Gasteiger partial charge in [0, 0.05) is 6.54 Å². The van der Waals surface area contributed by atoms with E-state index in [0.29, 0.717) is 6.42 Å². The molecular formula is C17H24N2O. The predicted octanol–water partition coefficient (Wildman–Crippen LogP) is 3.88. The van der Waals surface area contributed by atoms with Gasteiger partial charge in [-0.25, -0.2) is 0 Å². The number of ether oxygens (including phenoxy) is 1. The fraction of sp³-hybridized carbons (Fsp3) is 0.588. The van der Waals surface area contributed by atoms with Gasteiger partial charge >= 0.3 is 0 Å². The molecule has 2 rings (SSSR count). The van der Waals surface area contributed by atoms with E-state index in [1.807, 2.05) is 0 Å². The van der Waals surface area contributed by atoms with Crippen LogP contribution in [0.4, 0.5) is 5.69 Å². The largest absolute Gasteiger partial charge is 0.484 e. The van der Waals surface area contributed by atoms with E-state index in [2.05, 4.69) is 63.8 Å². The second kappa shape index (κ2) is 5.01. The first kappa shape index (κ1) is 14.7. The molecule has 1 aromatic rings. The zero-order valence-corrected chi connectivity index (χ0v) is 13.2. The number of nitriles is 1. The van der Waals surface area contributed by atoms with Gasteiger partial charge in [-0.15, -0.1) is 0 Å². The average molecular weight is 272 g/mol. The van der Waals surface area contributed by atoms with E-state index in [9.17, 15) is 0 Å². The maximum atomic E-state index is 8.85. The molecule has 1 heterocycles. The van der Waals surface area contributed by atoms with Gasteiger partial charge < -0.3 is 9.64 Å². The van der Waals surface area contributed by atoms with Crippen LogP contribution in [0.15, 0.2) is 18.2 Å². The van der Waals surface area contributed by atoms with Gasteiger partial charge in [0.15, 0.2) is 0 Å². The lowest BCUT2D eigenvalue weighted by atomic mass is 9.86. The number of anilines is 1. The second-order valence-electron chi connectivity index (χ2n) is 7.12. The molecule has 0 amide bonds. The first-order valence-electron chi connectivity index (χ1n) is 7.18. The molecule has 0 aromatic heterocycles. The molecule has 0 radical (unpaired) electrons. The number of hydrogen-bond acceptors (Lipinski definition) is 3. The molecule has 108 valence electrons. The summed E-state index contributed by atoms with van der Waals surface area (Å²) in [5, 5.41) is 8.85. The SMILES string of the molecule is CC1(C)CN(CCC#N)c2cc(C(C)(C)C)ccc2O1. The van der Waals surface area contributed by atoms with Crippen LogP contribution in [-0.4, -0.2) is 18.7 Å². The molecule has 0 fully saturated rings. The van der Waals surface area contributed by atoms with Crippen LogP contribution in [0.2, 0.25) is 0 Å². The third kappa shape index (κ3) is 3.07. The third-order valence-electron chi connectivity index (χ3n) is 3.62. The summed E-state index contributed by atoms with van der Waals surface area (Å²) in [5.41, 5.74) is 2.31. The first-order chi connectivity index (χ1) is 9.23. The number of benzene rings is 1. The Hall–Kier alpha value is -1.69. The average Bonchev–Trinajstić information content (AvgIpc) is 2.33. The smallest absolute Gasteiger partial charge is 0.143 e. The van der Waals surface area contributed by atoms with E-state index in [1.54, 1.807) is 0 Å². The molecule has 0 aliphatic carbocycles. The van der Waals surface area contributed by atoms with Crippen molar-refractivity contribution < 1.29 is 4.74 Å². The Kier molecular flexibility index (Phi) is 3.69. The molecule has 0 unspecified atom stereocenters. The Bertz CT molecular complexity index is 535. The molecule has 0 atom stereocenters. The van der Waals surface area contributed by atoms with E-state index in [-0.39, 0.29) is 11.0 Å². The van der Waals surface area contributed by atoms with Crippen LogP contribution in [0, 0.1) is 11.3 Å². The van der Waals surface area contributed by atoms with Gasteiger partial charge in [-0.1, -0.05) is 26.8 Å². The molecule has 0 bridgehead atoms.